The Morgan fingerprint density at radius 3 is 2.22 bits per heavy atom. The van der Waals surface area contributed by atoms with Crippen LogP contribution >= 0.6 is 0 Å². The summed E-state index contributed by atoms with van der Waals surface area (Å²) in [5, 5.41) is 8.87. The lowest BCUT2D eigenvalue weighted by Crippen LogP contribution is -2.13. The third-order valence-corrected chi connectivity index (χ3v) is 2.95. The van der Waals surface area contributed by atoms with Crippen LogP contribution in [0.5, 0.6) is 5.75 Å². The van der Waals surface area contributed by atoms with Crippen LogP contribution < -0.4 is 4.74 Å². The van der Waals surface area contributed by atoms with Crippen LogP contribution in [0.1, 0.15) is 26.3 Å². The normalized spacial score (nSPS) is 11.1. The highest BCUT2D eigenvalue weighted by molar-refractivity contribution is 5.97. The topological polar surface area (TPSA) is 63.6 Å². The molecule has 0 fully saturated rings. The smallest absolute Gasteiger partial charge is 0.416 e. The molecule has 2 aromatic carbocycles. The third kappa shape index (κ3) is 4.32. The number of carboxylic acid groups (broad SMARTS) is 1. The lowest BCUT2D eigenvalue weighted by molar-refractivity contribution is -0.137. The Bertz CT molecular complexity index is 724. The highest BCUT2D eigenvalue weighted by Crippen LogP contribution is 2.32. The van der Waals surface area contributed by atoms with E-state index in [4.69, 9.17) is 9.84 Å². The second kappa shape index (κ2) is 6.51. The molecule has 4 nitrogen and oxygen atoms in total. The minimum Gasteiger partial charge on any atom is -0.485 e. The first-order chi connectivity index (χ1) is 10.8. The van der Waals surface area contributed by atoms with Crippen LogP contribution in [0.25, 0.3) is 0 Å². The molecule has 2 aromatic rings. The van der Waals surface area contributed by atoms with E-state index in [0.29, 0.717) is 17.7 Å². The van der Waals surface area contributed by atoms with E-state index >= 15 is 0 Å². The maximum absolute atomic E-state index is 12.8. The molecular weight excluding hydrogens is 313 g/mol. The predicted molar refractivity (Wildman–Crippen MR) is 74.7 cm³/mol. The van der Waals surface area contributed by atoms with Crippen molar-refractivity contribution in [3.8, 4) is 5.75 Å². The number of hydrogen-bond donors (Lipinski definition) is 1. The number of carboxylic acids is 1. The molecule has 1 N–H and O–H groups in total. The fourth-order valence-corrected chi connectivity index (χ4v) is 1.83. The van der Waals surface area contributed by atoms with Gasteiger partial charge in [0, 0.05) is 5.56 Å². The molecule has 2 rings (SSSR count). The highest BCUT2D eigenvalue weighted by atomic mass is 19.4. The van der Waals surface area contributed by atoms with Gasteiger partial charge in [0.15, 0.2) is 12.4 Å². The van der Waals surface area contributed by atoms with E-state index in [1.54, 1.807) is 30.3 Å². The monoisotopic (exact) mass is 324 g/mol. The van der Waals surface area contributed by atoms with Crippen molar-refractivity contribution in [3.63, 3.8) is 0 Å². The van der Waals surface area contributed by atoms with E-state index < -0.39 is 35.7 Å². The second-order valence-corrected chi connectivity index (χ2v) is 4.63. The third-order valence-electron chi connectivity index (χ3n) is 2.95. The number of halogens is 3. The summed E-state index contributed by atoms with van der Waals surface area (Å²) in [5.74, 6) is -2.28. The summed E-state index contributed by atoms with van der Waals surface area (Å²) >= 11 is 0. The minimum atomic E-state index is -4.72. The standard InChI is InChI=1S/C16H11F3O4/c17-16(18,19)12-6-11(15(21)22)7-13(8-12)23-9-14(20)10-4-2-1-3-5-10/h1-8H,9H2,(H,21,22). The molecule has 23 heavy (non-hydrogen) atoms. The summed E-state index contributed by atoms with van der Waals surface area (Å²) < 4.78 is 43.3. The maximum Gasteiger partial charge on any atom is 0.416 e. The number of aromatic carboxylic acids is 1. The van der Waals surface area contributed by atoms with Crippen molar-refractivity contribution in [1.82, 2.24) is 0 Å². The Balaban J connectivity index is 2.21. The van der Waals surface area contributed by atoms with Crippen molar-refractivity contribution >= 4 is 11.8 Å². The number of Topliss-reactive ketones (excluding diaryl/α,β-unsaturated/α-hetero) is 1. The van der Waals surface area contributed by atoms with Crippen LogP contribution in [0.2, 0.25) is 0 Å². The molecule has 0 heterocycles. The lowest BCUT2D eigenvalue weighted by Gasteiger charge is -2.11. The summed E-state index contributed by atoms with van der Waals surface area (Å²) in [5.41, 5.74) is -1.38. The van der Waals surface area contributed by atoms with Gasteiger partial charge in [-0.15, -0.1) is 0 Å². The molecule has 0 aromatic heterocycles. The van der Waals surface area contributed by atoms with Crippen LogP contribution in [0, 0.1) is 0 Å². The van der Waals surface area contributed by atoms with E-state index in [1.807, 2.05) is 0 Å². The molecule has 0 aliphatic carbocycles. The minimum absolute atomic E-state index is 0.332. The number of alkyl halides is 3. The summed E-state index contributed by atoms with van der Waals surface area (Å²) in [7, 11) is 0. The summed E-state index contributed by atoms with van der Waals surface area (Å²) in [4.78, 5) is 22.8. The number of rotatable bonds is 5. The molecule has 0 aliphatic rings. The first kappa shape index (κ1) is 16.5. The van der Waals surface area contributed by atoms with Crippen molar-refractivity contribution in [2.75, 3.05) is 6.61 Å². The van der Waals surface area contributed by atoms with Gasteiger partial charge < -0.3 is 9.84 Å². The van der Waals surface area contributed by atoms with Gasteiger partial charge in [-0.25, -0.2) is 4.79 Å². The zero-order chi connectivity index (χ0) is 17.0. The van der Waals surface area contributed by atoms with E-state index in [1.165, 1.54) is 0 Å². The predicted octanol–water partition coefficient (Wildman–Crippen LogP) is 3.67. The van der Waals surface area contributed by atoms with Crippen LogP contribution in [0.3, 0.4) is 0 Å². The molecule has 0 saturated carbocycles. The average molecular weight is 324 g/mol. The quantitative estimate of drug-likeness (QED) is 0.853. The first-order valence-corrected chi connectivity index (χ1v) is 6.44. The SMILES string of the molecule is O=C(O)c1cc(OCC(=O)c2ccccc2)cc(C(F)(F)F)c1. The Kier molecular flexibility index (Phi) is 4.68. The Morgan fingerprint density at radius 1 is 1.00 bits per heavy atom. The number of ether oxygens (including phenoxy) is 1. The molecule has 0 atom stereocenters. The fraction of sp³-hybridized carbons (Fsp3) is 0.125. The Labute approximate surface area is 129 Å². The molecule has 120 valence electrons. The van der Waals surface area contributed by atoms with Gasteiger partial charge in [0.2, 0.25) is 0 Å². The average Bonchev–Trinajstić information content (AvgIpc) is 2.52. The van der Waals surface area contributed by atoms with Crippen molar-refractivity contribution < 1.29 is 32.6 Å². The molecule has 0 amide bonds. The molecule has 0 aliphatic heterocycles. The first-order valence-electron chi connectivity index (χ1n) is 6.44. The fourth-order valence-electron chi connectivity index (χ4n) is 1.83. The van der Waals surface area contributed by atoms with Crippen molar-refractivity contribution in [2.24, 2.45) is 0 Å². The largest absolute Gasteiger partial charge is 0.485 e. The summed E-state index contributed by atoms with van der Waals surface area (Å²) in [6, 6.07) is 10.2. The van der Waals surface area contributed by atoms with Crippen LogP contribution in [0.4, 0.5) is 13.2 Å². The van der Waals surface area contributed by atoms with Gasteiger partial charge in [-0.1, -0.05) is 30.3 Å². The zero-order valence-corrected chi connectivity index (χ0v) is 11.6. The molecular formula is C16H11F3O4. The van der Waals surface area contributed by atoms with E-state index in [-0.39, 0.29) is 5.75 Å². The molecule has 0 bridgehead atoms. The van der Waals surface area contributed by atoms with Crippen molar-refractivity contribution in [1.29, 1.82) is 0 Å². The van der Waals surface area contributed by atoms with Crippen molar-refractivity contribution in [3.05, 3.63) is 65.2 Å². The van der Waals surface area contributed by atoms with E-state index in [2.05, 4.69) is 0 Å². The maximum atomic E-state index is 12.8. The van der Waals surface area contributed by atoms with Gasteiger partial charge in [-0.3, -0.25) is 4.79 Å². The number of benzene rings is 2. The van der Waals surface area contributed by atoms with Crippen LogP contribution in [0.15, 0.2) is 48.5 Å². The molecule has 0 radical (unpaired) electrons. The molecule has 0 spiro atoms. The van der Waals surface area contributed by atoms with Gasteiger partial charge in [0.05, 0.1) is 11.1 Å². The van der Waals surface area contributed by atoms with Crippen LogP contribution in [-0.2, 0) is 6.18 Å². The zero-order valence-electron chi connectivity index (χ0n) is 11.6. The summed E-state index contributed by atoms with van der Waals surface area (Å²) in [6.45, 7) is -0.496. The lowest BCUT2D eigenvalue weighted by atomic mass is 10.1. The van der Waals surface area contributed by atoms with E-state index in [9.17, 15) is 22.8 Å². The van der Waals surface area contributed by atoms with Gasteiger partial charge in [0.1, 0.15) is 5.75 Å². The van der Waals surface area contributed by atoms with Gasteiger partial charge in [-0.2, -0.15) is 13.2 Å². The van der Waals surface area contributed by atoms with Crippen molar-refractivity contribution in [2.45, 2.75) is 6.18 Å². The second-order valence-electron chi connectivity index (χ2n) is 4.63. The summed E-state index contributed by atoms with van der Waals surface area (Å²) in [6.07, 6.45) is -4.72. The van der Waals surface area contributed by atoms with Gasteiger partial charge in [-0.05, 0) is 18.2 Å². The Hall–Kier alpha value is -2.83. The molecule has 7 heteroatoms. The molecule has 0 unspecified atom stereocenters. The highest BCUT2D eigenvalue weighted by Gasteiger charge is 2.32. The van der Waals surface area contributed by atoms with E-state index in [0.717, 1.165) is 6.07 Å². The Morgan fingerprint density at radius 2 is 1.65 bits per heavy atom. The van der Waals surface area contributed by atoms with Gasteiger partial charge >= 0.3 is 12.1 Å². The number of ketones is 1. The number of hydrogen-bond acceptors (Lipinski definition) is 3. The number of carbonyl (C=O) groups excluding carboxylic acids is 1. The van der Waals surface area contributed by atoms with Gasteiger partial charge in [0.25, 0.3) is 0 Å². The molecule has 0 saturated heterocycles. The number of carbonyl (C=O) groups is 2. The van der Waals surface area contributed by atoms with Crippen LogP contribution in [-0.4, -0.2) is 23.5 Å².